The SMILES string of the molecule is COCc1noc(CN2C[C@@H](COC)OC(C)(C)C2)n1. The fourth-order valence-corrected chi connectivity index (χ4v) is 2.54. The number of methoxy groups -OCH3 is 2. The maximum Gasteiger partial charge on any atom is 0.240 e. The van der Waals surface area contributed by atoms with E-state index in [1.807, 2.05) is 0 Å². The standard InChI is InChI=1S/C13H23N3O4/c1-13(2)9-16(5-10(19-13)7-17-3)6-12-14-11(8-18-4)15-20-12/h10H,5-9H2,1-4H3/t10-/m0/s1. The van der Waals surface area contributed by atoms with Crippen molar-refractivity contribution in [2.24, 2.45) is 0 Å². The molecular weight excluding hydrogens is 262 g/mol. The van der Waals surface area contributed by atoms with Crippen LogP contribution in [0.5, 0.6) is 0 Å². The first-order valence-corrected chi connectivity index (χ1v) is 6.72. The van der Waals surface area contributed by atoms with Crippen LogP contribution in [-0.2, 0) is 27.4 Å². The third kappa shape index (κ3) is 4.24. The van der Waals surface area contributed by atoms with E-state index in [2.05, 4.69) is 28.9 Å². The van der Waals surface area contributed by atoms with Gasteiger partial charge >= 0.3 is 0 Å². The van der Waals surface area contributed by atoms with Crippen molar-refractivity contribution in [3.8, 4) is 0 Å². The van der Waals surface area contributed by atoms with E-state index in [4.69, 9.17) is 18.7 Å². The quantitative estimate of drug-likeness (QED) is 0.767. The van der Waals surface area contributed by atoms with Gasteiger partial charge in [-0.15, -0.1) is 0 Å². The smallest absolute Gasteiger partial charge is 0.240 e. The summed E-state index contributed by atoms with van der Waals surface area (Å²) in [5.74, 6) is 1.18. The van der Waals surface area contributed by atoms with Gasteiger partial charge in [0, 0.05) is 27.3 Å². The van der Waals surface area contributed by atoms with E-state index in [1.54, 1.807) is 14.2 Å². The molecule has 0 spiro atoms. The van der Waals surface area contributed by atoms with Gasteiger partial charge in [-0.2, -0.15) is 4.98 Å². The molecule has 114 valence electrons. The molecule has 1 atom stereocenters. The lowest BCUT2D eigenvalue weighted by molar-refractivity contribution is -0.155. The van der Waals surface area contributed by atoms with Crippen molar-refractivity contribution in [1.82, 2.24) is 15.0 Å². The van der Waals surface area contributed by atoms with E-state index in [0.717, 1.165) is 13.1 Å². The summed E-state index contributed by atoms with van der Waals surface area (Å²) in [6.07, 6.45) is 0.0603. The van der Waals surface area contributed by atoms with Crippen LogP contribution in [0.15, 0.2) is 4.52 Å². The highest BCUT2D eigenvalue weighted by molar-refractivity contribution is 4.89. The van der Waals surface area contributed by atoms with Crippen LogP contribution in [-0.4, -0.2) is 60.7 Å². The summed E-state index contributed by atoms with van der Waals surface area (Å²) in [6.45, 7) is 7.32. The average Bonchev–Trinajstić information content (AvgIpc) is 2.75. The second kappa shape index (κ2) is 6.62. The van der Waals surface area contributed by atoms with Crippen molar-refractivity contribution in [3.63, 3.8) is 0 Å². The molecule has 0 saturated carbocycles. The van der Waals surface area contributed by atoms with E-state index in [-0.39, 0.29) is 11.7 Å². The number of hydrogen-bond acceptors (Lipinski definition) is 7. The average molecular weight is 285 g/mol. The number of hydrogen-bond donors (Lipinski definition) is 0. The summed E-state index contributed by atoms with van der Waals surface area (Å²) >= 11 is 0. The number of ether oxygens (including phenoxy) is 3. The van der Waals surface area contributed by atoms with Gasteiger partial charge in [0.2, 0.25) is 5.89 Å². The molecule has 0 radical (unpaired) electrons. The molecule has 1 aliphatic rings. The van der Waals surface area contributed by atoms with Crippen molar-refractivity contribution < 1.29 is 18.7 Å². The van der Waals surface area contributed by atoms with Crippen LogP contribution in [0, 0.1) is 0 Å². The lowest BCUT2D eigenvalue weighted by atomic mass is 10.1. The summed E-state index contributed by atoms with van der Waals surface area (Å²) in [5, 5.41) is 3.87. The third-order valence-corrected chi connectivity index (χ3v) is 3.05. The van der Waals surface area contributed by atoms with Crippen LogP contribution >= 0.6 is 0 Å². The van der Waals surface area contributed by atoms with Crippen LogP contribution in [0.4, 0.5) is 0 Å². The highest BCUT2D eigenvalue weighted by atomic mass is 16.5. The molecule has 1 aromatic heterocycles. The molecule has 1 fully saturated rings. The molecule has 0 bridgehead atoms. The predicted molar refractivity (Wildman–Crippen MR) is 71.1 cm³/mol. The first kappa shape index (κ1) is 15.4. The summed E-state index contributed by atoms with van der Waals surface area (Å²) in [5.41, 5.74) is -0.211. The van der Waals surface area contributed by atoms with Gasteiger partial charge in [0.15, 0.2) is 5.82 Å². The zero-order valence-electron chi connectivity index (χ0n) is 12.6. The van der Waals surface area contributed by atoms with Gasteiger partial charge in [-0.3, -0.25) is 4.90 Å². The van der Waals surface area contributed by atoms with E-state index in [0.29, 0.717) is 31.5 Å². The second-order valence-electron chi connectivity index (χ2n) is 5.66. The van der Waals surface area contributed by atoms with Crippen LogP contribution < -0.4 is 0 Å². The van der Waals surface area contributed by atoms with Crippen molar-refractivity contribution >= 4 is 0 Å². The van der Waals surface area contributed by atoms with Crippen molar-refractivity contribution in [2.45, 2.75) is 38.7 Å². The molecule has 0 aromatic carbocycles. The molecule has 7 nitrogen and oxygen atoms in total. The molecule has 0 unspecified atom stereocenters. The van der Waals surface area contributed by atoms with E-state index >= 15 is 0 Å². The molecular formula is C13H23N3O4. The van der Waals surface area contributed by atoms with Crippen molar-refractivity contribution in [3.05, 3.63) is 11.7 Å². The molecule has 20 heavy (non-hydrogen) atoms. The fraction of sp³-hybridized carbons (Fsp3) is 0.846. The van der Waals surface area contributed by atoms with Gasteiger partial charge in [-0.05, 0) is 13.8 Å². The Bertz CT molecular complexity index is 422. The number of morpholine rings is 1. The third-order valence-electron chi connectivity index (χ3n) is 3.05. The van der Waals surface area contributed by atoms with Crippen LogP contribution in [0.2, 0.25) is 0 Å². The summed E-state index contributed by atoms with van der Waals surface area (Å²) in [7, 11) is 3.29. The summed E-state index contributed by atoms with van der Waals surface area (Å²) in [4.78, 5) is 6.54. The highest BCUT2D eigenvalue weighted by Crippen LogP contribution is 2.22. The van der Waals surface area contributed by atoms with Gasteiger partial charge in [-0.1, -0.05) is 5.16 Å². The molecule has 0 N–H and O–H groups in total. The zero-order chi connectivity index (χ0) is 14.6. The fourth-order valence-electron chi connectivity index (χ4n) is 2.54. The van der Waals surface area contributed by atoms with Crippen LogP contribution in [0.25, 0.3) is 0 Å². The Kier molecular flexibility index (Phi) is 5.09. The molecule has 0 aliphatic carbocycles. The second-order valence-corrected chi connectivity index (χ2v) is 5.66. The number of rotatable bonds is 6. The molecule has 1 aromatic rings. The predicted octanol–water partition coefficient (Wildman–Crippen LogP) is 0.842. The summed E-state index contributed by atoms with van der Waals surface area (Å²) < 4.78 is 21.4. The van der Waals surface area contributed by atoms with Gasteiger partial charge < -0.3 is 18.7 Å². The molecule has 7 heteroatoms. The maximum absolute atomic E-state index is 5.97. The first-order chi connectivity index (χ1) is 9.52. The van der Waals surface area contributed by atoms with Crippen LogP contribution in [0.3, 0.4) is 0 Å². The van der Waals surface area contributed by atoms with Gasteiger partial charge in [-0.25, -0.2) is 0 Å². The lowest BCUT2D eigenvalue weighted by Crippen LogP contribution is -2.53. The maximum atomic E-state index is 5.97. The normalized spacial score (nSPS) is 23.1. The molecule has 1 aliphatic heterocycles. The van der Waals surface area contributed by atoms with E-state index in [1.165, 1.54) is 0 Å². The Morgan fingerprint density at radius 3 is 2.85 bits per heavy atom. The minimum Gasteiger partial charge on any atom is -0.382 e. The Morgan fingerprint density at radius 2 is 2.15 bits per heavy atom. The molecule has 2 rings (SSSR count). The minimum atomic E-state index is -0.211. The van der Waals surface area contributed by atoms with E-state index in [9.17, 15) is 0 Å². The number of aromatic nitrogens is 2. The number of nitrogens with zero attached hydrogens (tertiary/aromatic N) is 3. The Balaban J connectivity index is 1.96. The van der Waals surface area contributed by atoms with Gasteiger partial charge in [0.25, 0.3) is 0 Å². The largest absolute Gasteiger partial charge is 0.382 e. The van der Waals surface area contributed by atoms with Crippen LogP contribution in [0.1, 0.15) is 25.6 Å². The monoisotopic (exact) mass is 285 g/mol. The van der Waals surface area contributed by atoms with E-state index < -0.39 is 0 Å². The summed E-state index contributed by atoms with van der Waals surface area (Å²) in [6, 6.07) is 0. The molecule has 0 amide bonds. The van der Waals surface area contributed by atoms with Crippen molar-refractivity contribution in [1.29, 1.82) is 0 Å². The zero-order valence-corrected chi connectivity index (χ0v) is 12.6. The Labute approximate surface area is 119 Å². The highest BCUT2D eigenvalue weighted by Gasteiger charge is 2.33. The van der Waals surface area contributed by atoms with Crippen molar-refractivity contribution in [2.75, 3.05) is 33.9 Å². The topological polar surface area (TPSA) is 69.9 Å². The molecule has 2 heterocycles. The van der Waals surface area contributed by atoms with Gasteiger partial charge in [0.05, 0.1) is 24.9 Å². The Morgan fingerprint density at radius 1 is 1.35 bits per heavy atom. The molecule has 1 saturated heterocycles. The van der Waals surface area contributed by atoms with Gasteiger partial charge in [0.1, 0.15) is 6.61 Å². The lowest BCUT2D eigenvalue weighted by Gasteiger charge is -2.42. The minimum absolute atomic E-state index is 0.0603. The first-order valence-electron chi connectivity index (χ1n) is 6.72. The Hall–Kier alpha value is -1.02.